The van der Waals surface area contributed by atoms with E-state index in [1.54, 1.807) is 0 Å². The highest BCUT2D eigenvalue weighted by Crippen LogP contribution is 2.33. The Morgan fingerprint density at radius 1 is 0.917 bits per heavy atom. The minimum Gasteiger partial charge on any atom is -0.488 e. The molecule has 58 valence electrons. The molecule has 2 heterocycles. The van der Waals surface area contributed by atoms with E-state index >= 15 is 0 Å². The van der Waals surface area contributed by atoms with E-state index in [0.717, 1.165) is 12.4 Å². The van der Waals surface area contributed by atoms with Gasteiger partial charge >= 0.3 is 0 Å². The average Bonchev–Trinajstić information content (AvgIpc) is 2.20. The number of benzene rings is 2. The van der Waals surface area contributed by atoms with Crippen LogP contribution < -0.4 is 4.74 Å². The molecule has 0 aromatic heterocycles. The fourth-order valence-electron chi connectivity index (χ4n) is 1.74. The van der Waals surface area contributed by atoms with Crippen LogP contribution in [0.15, 0.2) is 36.4 Å². The molecule has 2 aromatic carbocycles. The van der Waals surface area contributed by atoms with Gasteiger partial charge in [0.2, 0.25) is 0 Å². The van der Waals surface area contributed by atoms with Crippen molar-refractivity contribution < 1.29 is 4.74 Å². The third-order valence-electron chi connectivity index (χ3n) is 2.36. The summed E-state index contributed by atoms with van der Waals surface area (Å²) in [7, 11) is 0. The van der Waals surface area contributed by atoms with Crippen molar-refractivity contribution in [1.29, 1.82) is 0 Å². The van der Waals surface area contributed by atoms with Crippen molar-refractivity contribution in [2.24, 2.45) is 0 Å². The van der Waals surface area contributed by atoms with Gasteiger partial charge in [-0.2, -0.15) is 0 Å². The molecule has 1 nitrogen and oxygen atoms in total. The third-order valence-corrected chi connectivity index (χ3v) is 2.36. The molecule has 2 bridgehead atoms. The Balaban J connectivity index is 2.58. The highest BCUT2D eigenvalue weighted by molar-refractivity contribution is 5.92. The minimum absolute atomic E-state index is 0.739. The first-order valence-electron chi connectivity index (χ1n) is 4.08. The summed E-state index contributed by atoms with van der Waals surface area (Å²) >= 11 is 0. The molecule has 0 saturated carbocycles. The Labute approximate surface area is 70.6 Å². The molecular formula is C11H8O. The maximum Gasteiger partial charge on any atom is 0.127 e. The molecule has 2 aromatic rings. The third kappa shape index (κ3) is 0.632. The Kier molecular flexibility index (Phi) is 1.01. The Morgan fingerprint density at radius 2 is 1.75 bits per heavy atom. The lowest BCUT2D eigenvalue weighted by molar-refractivity contribution is 0.303. The summed E-state index contributed by atoms with van der Waals surface area (Å²) in [4.78, 5) is 0. The predicted molar refractivity (Wildman–Crippen MR) is 48.3 cm³/mol. The number of rotatable bonds is 0. The van der Waals surface area contributed by atoms with Gasteiger partial charge < -0.3 is 4.74 Å². The van der Waals surface area contributed by atoms with Crippen LogP contribution in [0.25, 0.3) is 10.8 Å². The molecule has 2 aliphatic heterocycles. The van der Waals surface area contributed by atoms with Crippen LogP contribution in [-0.4, -0.2) is 0 Å². The van der Waals surface area contributed by atoms with Gasteiger partial charge in [-0.05, 0) is 17.0 Å². The van der Waals surface area contributed by atoms with Crippen molar-refractivity contribution >= 4 is 10.8 Å². The quantitative estimate of drug-likeness (QED) is 0.569. The van der Waals surface area contributed by atoms with Crippen molar-refractivity contribution in [3.05, 3.63) is 42.0 Å². The first-order chi connectivity index (χ1) is 5.95. The molecule has 0 radical (unpaired) electrons. The fraction of sp³-hybridized carbons (Fsp3) is 0.0909. The molecule has 0 aliphatic carbocycles. The highest BCUT2D eigenvalue weighted by Gasteiger charge is 2.12. The predicted octanol–water partition coefficient (Wildman–Crippen LogP) is 2.73. The number of ether oxygens (including phenoxy) is 1. The lowest BCUT2D eigenvalue weighted by atomic mass is 10.0. The summed E-state index contributed by atoms with van der Waals surface area (Å²) in [5.74, 6) is 1.01. The van der Waals surface area contributed by atoms with Crippen molar-refractivity contribution in [3.8, 4) is 5.75 Å². The van der Waals surface area contributed by atoms with E-state index < -0.39 is 0 Å². The molecule has 2 aliphatic rings. The zero-order valence-electron chi connectivity index (χ0n) is 6.58. The molecule has 12 heavy (non-hydrogen) atoms. The van der Waals surface area contributed by atoms with Gasteiger partial charge in [0.05, 0.1) is 0 Å². The normalized spacial score (nSPS) is 13.3. The van der Waals surface area contributed by atoms with Gasteiger partial charge in [0.25, 0.3) is 0 Å². The molecule has 0 spiro atoms. The molecule has 1 heteroatoms. The van der Waals surface area contributed by atoms with Gasteiger partial charge in [-0.15, -0.1) is 0 Å². The molecule has 0 amide bonds. The van der Waals surface area contributed by atoms with Crippen molar-refractivity contribution in [3.63, 3.8) is 0 Å². The van der Waals surface area contributed by atoms with Crippen molar-refractivity contribution in [1.82, 2.24) is 0 Å². The summed E-state index contributed by atoms with van der Waals surface area (Å²) < 4.78 is 5.50. The largest absolute Gasteiger partial charge is 0.488 e. The zero-order valence-corrected chi connectivity index (χ0v) is 6.58. The van der Waals surface area contributed by atoms with Gasteiger partial charge in [0, 0.05) is 5.39 Å². The van der Waals surface area contributed by atoms with Gasteiger partial charge in [0.1, 0.15) is 12.4 Å². The first-order valence-corrected chi connectivity index (χ1v) is 4.08. The summed E-state index contributed by atoms with van der Waals surface area (Å²) in [6.45, 7) is 0.739. The number of hydrogen-bond donors (Lipinski definition) is 0. The van der Waals surface area contributed by atoms with Gasteiger partial charge in [-0.1, -0.05) is 30.3 Å². The smallest absolute Gasteiger partial charge is 0.127 e. The van der Waals surface area contributed by atoms with E-state index in [2.05, 4.69) is 24.3 Å². The van der Waals surface area contributed by atoms with Gasteiger partial charge in [-0.3, -0.25) is 0 Å². The molecular weight excluding hydrogens is 148 g/mol. The van der Waals surface area contributed by atoms with E-state index in [0.29, 0.717) is 0 Å². The van der Waals surface area contributed by atoms with Crippen LogP contribution in [-0.2, 0) is 6.61 Å². The Bertz CT molecular complexity index is 403. The van der Waals surface area contributed by atoms with Crippen molar-refractivity contribution in [2.75, 3.05) is 0 Å². The van der Waals surface area contributed by atoms with Gasteiger partial charge in [0.15, 0.2) is 0 Å². The second kappa shape index (κ2) is 2.01. The minimum atomic E-state index is 0.739. The van der Waals surface area contributed by atoms with Crippen molar-refractivity contribution in [2.45, 2.75) is 6.61 Å². The molecule has 0 saturated heterocycles. The van der Waals surface area contributed by atoms with Gasteiger partial charge in [-0.25, -0.2) is 0 Å². The lowest BCUT2D eigenvalue weighted by Gasteiger charge is -2.18. The van der Waals surface area contributed by atoms with Crippen LogP contribution in [0.3, 0.4) is 0 Å². The lowest BCUT2D eigenvalue weighted by Crippen LogP contribution is -2.03. The van der Waals surface area contributed by atoms with Crippen LogP contribution in [0, 0.1) is 0 Å². The Morgan fingerprint density at radius 3 is 2.42 bits per heavy atom. The summed E-state index contributed by atoms with van der Waals surface area (Å²) in [5, 5.41) is 2.57. The molecule has 0 atom stereocenters. The maximum atomic E-state index is 5.50. The SMILES string of the molecule is c1ccc2c3ccc(c2c1)CO3. The van der Waals surface area contributed by atoms with E-state index in [1.165, 1.54) is 16.3 Å². The summed E-state index contributed by atoms with van der Waals surface area (Å²) in [5.41, 5.74) is 1.29. The summed E-state index contributed by atoms with van der Waals surface area (Å²) in [6, 6.07) is 12.6. The Hall–Kier alpha value is -1.50. The molecule has 0 unspecified atom stereocenters. The van der Waals surface area contributed by atoms with Crippen LogP contribution in [0.4, 0.5) is 0 Å². The highest BCUT2D eigenvalue weighted by atomic mass is 16.5. The number of fused-ring (bicyclic) bond motifs is 2. The number of hydrogen-bond acceptors (Lipinski definition) is 1. The maximum absolute atomic E-state index is 5.50. The van der Waals surface area contributed by atoms with E-state index in [9.17, 15) is 0 Å². The average molecular weight is 156 g/mol. The topological polar surface area (TPSA) is 9.23 Å². The van der Waals surface area contributed by atoms with Crippen LogP contribution in [0.2, 0.25) is 0 Å². The van der Waals surface area contributed by atoms with E-state index in [-0.39, 0.29) is 0 Å². The second-order valence-electron chi connectivity index (χ2n) is 3.06. The first kappa shape index (κ1) is 6.06. The van der Waals surface area contributed by atoms with E-state index in [4.69, 9.17) is 4.74 Å². The second-order valence-corrected chi connectivity index (χ2v) is 3.06. The van der Waals surface area contributed by atoms with E-state index in [1.807, 2.05) is 12.1 Å². The summed E-state index contributed by atoms with van der Waals surface area (Å²) in [6.07, 6.45) is 0. The van der Waals surface area contributed by atoms with Crippen LogP contribution in [0.5, 0.6) is 5.75 Å². The van der Waals surface area contributed by atoms with Crippen LogP contribution >= 0.6 is 0 Å². The fourth-order valence-corrected chi connectivity index (χ4v) is 1.74. The van der Waals surface area contributed by atoms with Crippen LogP contribution in [0.1, 0.15) is 5.56 Å². The standard InChI is InChI=1S/C11H8O/c1-2-4-10-9(3-1)8-5-6-11(10)12-7-8/h1-6H,7H2. The zero-order chi connectivity index (χ0) is 7.97. The monoisotopic (exact) mass is 156 g/mol. The molecule has 0 N–H and O–H groups in total. The molecule has 0 fully saturated rings. The molecule has 4 rings (SSSR count).